The van der Waals surface area contributed by atoms with Crippen molar-refractivity contribution in [2.24, 2.45) is 0 Å². The lowest BCUT2D eigenvalue weighted by Gasteiger charge is -2.24. The van der Waals surface area contributed by atoms with Gasteiger partial charge in [0.05, 0.1) is 12.2 Å². The molecule has 1 N–H and O–H groups in total. The van der Waals surface area contributed by atoms with Gasteiger partial charge in [-0.25, -0.2) is 14.8 Å². The van der Waals surface area contributed by atoms with Gasteiger partial charge >= 0.3 is 5.97 Å². The average Bonchev–Trinajstić information content (AvgIpc) is 3.04. The number of ether oxygens (including phenoxy) is 1. The van der Waals surface area contributed by atoms with E-state index in [9.17, 15) is 4.79 Å². The normalized spacial score (nSPS) is 15.1. The highest BCUT2D eigenvalue weighted by Gasteiger charge is 2.28. The molecule has 4 rings (SSSR count). The van der Waals surface area contributed by atoms with Crippen molar-refractivity contribution in [2.75, 3.05) is 16.8 Å². The Bertz CT molecular complexity index is 1030. The first kappa shape index (κ1) is 18.9. The van der Waals surface area contributed by atoms with Crippen LogP contribution in [0.1, 0.15) is 35.6 Å². The molecule has 1 aliphatic heterocycles. The number of carbonyl (C=O) groups is 1. The average molecular weight is 388 g/mol. The van der Waals surface area contributed by atoms with E-state index in [0.29, 0.717) is 29.9 Å². The van der Waals surface area contributed by atoms with E-state index in [4.69, 9.17) is 4.74 Å². The van der Waals surface area contributed by atoms with Crippen LogP contribution in [0.3, 0.4) is 0 Å². The summed E-state index contributed by atoms with van der Waals surface area (Å²) < 4.78 is 5.03. The Labute approximate surface area is 170 Å². The first-order valence-electron chi connectivity index (χ1n) is 9.82. The molecule has 1 aromatic heterocycles. The molecule has 0 bridgehead atoms. The molecule has 3 aromatic rings. The molecule has 0 saturated carbocycles. The van der Waals surface area contributed by atoms with Gasteiger partial charge in [0.15, 0.2) is 0 Å². The quantitative estimate of drug-likeness (QED) is 0.634. The third kappa shape index (κ3) is 3.92. The predicted molar refractivity (Wildman–Crippen MR) is 114 cm³/mol. The van der Waals surface area contributed by atoms with Crippen LogP contribution in [0.2, 0.25) is 0 Å². The van der Waals surface area contributed by atoms with Gasteiger partial charge in [0.2, 0.25) is 0 Å². The van der Waals surface area contributed by atoms with Crippen molar-refractivity contribution < 1.29 is 9.53 Å². The fraction of sp³-hybridized carbons (Fsp3) is 0.261. The number of fused-ring (bicyclic) bond motifs is 1. The van der Waals surface area contributed by atoms with Crippen LogP contribution in [0.5, 0.6) is 0 Å². The number of rotatable bonds is 5. The van der Waals surface area contributed by atoms with Crippen LogP contribution in [0.25, 0.3) is 0 Å². The van der Waals surface area contributed by atoms with E-state index >= 15 is 0 Å². The lowest BCUT2D eigenvalue weighted by molar-refractivity contribution is 0.0526. The second kappa shape index (κ2) is 7.91. The molecule has 0 radical (unpaired) electrons. The molecule has 148 valence electrons. The first-order valence-corrected chi connectivity index (χ1v) is 9.82. The number of aromatic nitrogens is 2. The minimum atomic E-state index is -0.319. The monoisotopic (exact) mass is 388 g/mol. The molecule has 6 heteroatoms. The fourth-order valence-corrected chi connectivity index (χ4v) is 3.71. The summed E-state index contributed by atoms with van der Waals surface area (Å²) in [6.07, 6.45) is 0.997. The largest absolute Gasteiger partial charge is 0.462 e. The number of carbonyl (C=O) groups excluding carboxylic acids is 1. The van der Waals surface area contributed by atoms with E-state index in [-0.39, 0.29) is 5.97 Å². The Morgan fingerprint density at radius 2 is 1.93 bits per heavy atom. The molecule has 0 spiro atoms. The van der Waals surface area contributed by atoms with Crippen LogP contribution in [-0.4, -0.2) is 28.6 Å². The van der Waals surface area contributed by atoms with E-state index in [1.165, 1.54) is 11.3 Å². The van der Waals surface area contributed by atoms with Crippen molar-refractivity contribution >= 4 is 29.0 Å². The van der Waals surface area contributed by atoms with E-state index in [1.807, 2.05) is 25.1 Å². The number of anilines is 4. The van der Waals surface area contributed by atoms with E-state index in [2.05, 4.69) is 51.4 Å². The van der Waals surface area contributed by atoms with Gasteiger partial charge in [-0.2, -0.15) is 0 Å². The van der Waals surface area contributed by atoms with E-state index in [0.717, 1.165) is 17.9 Å². The van der Waals surface area contributed by atoms with Crippen molar-refractivity contribution in [3.63, 3.8) is 0 Å². The summed E-state index contributed by atoms with van der Waals surface area (Å²) in [5.74, 6) is 1.97. The highest BCUT2D eigenvalue weighted by atomic mass is 16.5. The number of hydrogen-bond acceptors (Lipinski definition) is 6. The van der Waals surface area contributed by atoms with Crippen LogP contribution in [0, 0.1) is 6.92 Å². The molecular weight excluding hydrogens is 364 g/mol. The van der Waals surface area contributed by atoms with Crippen LogP contribution in [-0.2, 0) is 11.2 Å². The standard InChI is InChI=1S/C23H24N4O2/c1-4-29-23(28)17-9-11-19(12-10-17)26-21-14-22(25-16(3)24-21)27-15(2)13-18-7-5-6-8-20(18)27/h5-12,14-15H,4,13H2,1-3H3,(H,24,25,26). The van der Waals surface area contributed by atoms with E-state index < -0.39 is 0 Å². The molecule has 29 heavy (non-hydrogen) atoms. The van der Waals surface area contributed by atoms with Crippen LogP contribution in [0.4, 0.5) is 23.0 Å². The Balaban J connectivity index is 1.59. The minimum absolute atomic E-state index is 0.319. The lowest BCUT2D eigenvalue weighted by Crippen LogP contribution is -2.25. The second-order valence-corrected chi connectivity index (χ2v) is 7.13. The third-order valence-electron chi connectivity index (χ3n) is 4.95. The van der Waals surface area contributed by atoms with Gasteiger partial charge in [-0.15, -0.1) is 0 Å². The molecular formula is C23H24N4O2. The molecule has 0 saturated heterocycles. The van der Waals surface area contributed by atoms with Crippen molar-refractivity contribution in [3.05, 3.63) is 71.5 Å². The van der Waals surface area contributed by atoms with Gasteiger partial charge < -0.3 is 15.0 Å². The minimum Gasteiger partial charge on any atom is -0.462 e. The van der Waals surface area contributed by atoms with Gasteiger partial charge in [-0.3, -0.25) is 0 Å². The highest BCUT2D eigenvalue weighted by Crippen LogP contribution is 2.37. The molecule has 2 heterocycles. The Morgan fingerprint density at radius 1 is 1.17 bits per heavy atom. The number of para-hydroxylation sites is 1. The Morgan fingerprint density at radius 3 is 2.69 bits per heavy atom. The van der Waals surface area contributed by atoms with Gasteiger partial charge in [-0.1, -0.05) is 18.2 Å². The van der Waals surface area contributed by atoms with Crippen LogP contribution < -0.4 is 10.2 Å². The summed E-state index contributed by atoms with van der Waals surface area (Å²) >= 11 is 0. The molecule has 0 fully saturated rings. The maximum absolute atomic E-state index is 11.8. The molecule has 6 nitrogen and oxygen atoms in total. The molecule has 1 unspecified atom stereocenters. The molecule has 0 aliphatic carbocycles. The summed E-state index contributed by atoms with van der Waals surface area (Å²) in [5.41, 5.74) is 3.90. The third-order valence-corrected chi connectivity index (χ3v) is 4.95. The number of benzene rings is 2. The van der Waals surface area contributed by atoms with Gasteiger partial charge in [-0.05, 0) is 63.1 Å². The summed E-state index contributed by atoms with van der Waals surface area (Å²) in [4.78, 5) is 23.3. The molecule has 0 amide bonds. The second-order valence-electron chi connectivity index (χ2n) is 7.13. The fourth-order valence-electron chi connectivity index (χ4n) is 3.71. The van der Waals surface area contributed by atoms with Crippen molar-refractivity contribution in [3.8, 4) is 0 Å². The first-order chi connectivity index (χ1) is 14.0. The summed E-state index contributed by atoms with van der Waals surface area (Å²) in [7, 11) is 0. The molecule has 1 atom stereocenters. The van der Waals surface area contributed by atoms with Crippen LogP contribution in [0.15, 0.2) is 54.6 Å². The zero-order valence-electron chi connectivity index (χ0n) is 16.8. The van der Waals surface area contributed by atoms with Crippen molar-refractivity contribution in [1.29, 1.82) is 0 Å². The number of nitrogens with one attached hydrogen (secondary N) is 1. The summed E-state index contributed by atoms with van der Waals surface area (Å²) in [6.45, 7) is 6.26. The maximum Gasteiger partial charge on any atom is 0.338 e. The number of hydrogen-bond donors (Lipinski definition) is 1. The zero-order valence-corrected chi connectivity index (χ0v) is 16.8. The van der Waals surface area contributed by atoms with Crippen molar-refractivity contribution in [2.45, 2.75) is 33.2 Å². The molecule has 1 aliphatic rings. The van der Waals surface area contributed by atoms with Crippen LogP contribution >= 0.6 is 0 Å². The SMILES string of the molecule is CCOC(=O)c1ccc(Nc2cc(N3c4ccccc4CC3C)nc(C)n2)cc1. The number of nitrogens with zero attached hydrogens (tertiary/aromatic N) is 3. The molecule has 2 aromatic carbocycles. The number of esters is 1. The highest BCUT2D eigenvalue weighted by molar-refractivity contribution is 5.89. The zero-order chi connectivity index (χ0) is 20.4. The van der Waals surface area contributed by atoms with Gasteiger partial charge in [0, 0.05) is 23.5 Å². The summed E-state index contributed by atoms with van der Waals surface area (Å²) in [5, 5.41) is 3.32. The Hall–Kier alpha value is -3.41. The lowest BCUT2D eigenvalue weighted by atomic mass is 10.1. The van der Waals surface area contributed by atoms with Gasteiger partial charge in [0.25, 0.3) is 0 Å². The van der Waals surface area contributed by atoms with Gasteiger partial charge in [0.1, 0.15) is 17.5 Å². The summed E-state index contributed by atoms with van der Waals surface area (Å²) in [6, 6.07) is 17.9. The van der Waals surface area contributed by atoms with E-state index in [1.54, 1.807) is 19.1 Å². The topological polar surface area (TPSA) is 67.3 Å². The Kier molecular flexibility index (Phi) is 5.16. The van der Waals surface area contributed by atoms with Crippen molar-refractivity contribution in [1.82, 2.24) is 9.97 Å². The number of aryl methyl sites for hydroxylation is 1. The smallest absolute Gasteiger partial charge is 0.338 e. The maximum atomic E-state index is 11.8. The predicted octanol–water partition coefficient (Wildman–Crippen LogP) is 4.79.